The molecule has 6 nitrogen and oxygen atoms in total. The predicted molar refractivity (Wildman–Crippen MR) is 108 cm³/mol. The fraction of sp³-hybridized carbons (Fsp3) is 0.200. The molecule has 0 aliphatic rings. The number of hydrogen-bond acceptors (Lipinski definition) is 5. The van der Waals surface area contributed by atoms with E-state index in [9.17, 15) is 9.59 Å². The highest BCUT2D eigenvalue weighted by atomic mass is 79.9. The van der Waals surface area contributed by atoms with Crippen molar-refractivity contribution in [2.24, 2.45) is 5.10 Å². The monoisotopic (exact) mass is 427 g/mol. The molecule has 1 heterocycles. The molecule has 0 aliphatic carbocycles. The number of aromatic nitrogens is 2. The van der Waals surface area contributed by atoms with Crippen LogP contribution in [0.15, 0.2) is 56.8 Å². The number of carbonyl (C=O) groups is 1. The molecule has 0 fully saturated rings. The van der Waals surface area contributed by atoms with Gasteiger partial charge >= 0.3 is 5.97 Å². The number of fused-ring (bicyclic) bond motifs is 1. The molecule has 27 heavy (non-hydrogen) atoms. The summed E-state index contributed by atoms with van der Waals surface area (Å²) in [6.07, 6.45) is 3.02. The Morgan fingerprint density at radius 2 is 2.11 bits per heavy atom. The van der Waals surface area contributed by atoms with Gasteiger partial charge in [-0.05, 0) is 42.3 Å². The topological polar surface area (TPSA) is 73.6 Å². The Labute approximate surface area is 164 Å². The van der Waals surface area contributed by atoms with E-state index >= 15 is 0 Å². The number of halogens is 1. The molecule has 1 aromatic heterocycles. The standard InChI is InChI=1S/C20H18BrN3O3/c1-3-5-19-23-18-9-8-15(21)11-17(18)20(26)24(19)22-12-14-6-4-7-16(10-14)27-13(2)25/h4,6-12H,3,5H2,1-2H3. The lowest BCUT2D eigenvalue weighted by Crippen LogP contribution is -2.22. The van der Waals surface area contributed by atoms with Gasteiger partial charge in [-0.2, -0.15) is 9.78 Å². The maximum Gasteiger partial charge on any atom is 0.308 e. The molecule has 0 bridgehead atoms. The molecule has 0 saturated heterocycles. The maximum atomic E-state index is 12.9. The van der Waals surface area contributed by atoms with Crippen LogP contribution in [0.3, 0.4) is 0 Å². The van der Waals surface area contributed by atoms with E-state index in [-0.39, 0.29) is 5.56 Å². The van der Waals surface area contributed by atoms with Crippen LogP contribution >= 0.6 is 15.9 Å². The molecular formula is C20H18BrN3O3. The lowest BCUT2D eigenvalue weighted by molar-refractivity contribution is -0.131. The molecule has 0 N–H and O–H groups in total. The van der Waals surface area contributed by atoms with Crippen molar-refractivity contribution in [2.45, 2.75) is 26.7 Å². The van der Waals surface area contributed by atoms with Crippen molar-refractivity contribution >= 4 is 39.0 Å². The van der Waals surface area contributed by atoms with Gasteiger partial charge in [-0.1, -0.05) is 35.0 Å². The van der Waals surface area contributed by atoms with E-state index in [0.717, 1.165) is 10.9 Å². The van der Waals surface area contributed by atoms with Gasteiger partial charge in [-0.15, -0.1) is 0 Å². The molecule has 0 amide bonds. The number of nitrogens with zero attached hydrogens (tertiary/aromatic N) is 3. The second-order valence-electron chi connectivity index (χ2n) is 5.97. The van der Waals surface area contributed by atoms with Crippen molar-refractivity contribution < 1.29 is 9.53 Å². The van der Waals surface area contributed by atoms with Gasteiger partial charge in [0.05, 0.1) is 17.1 Å². The first-order valence-electron chi connectivity index (χ1n) is 8.52. The number of hydrogen-bond donors (Lipinski definition) is 0. The van der Waals surface area contributed by atoms with Crippen LogP contribution in [0.25, 0.3) is 10.9 Å². The Morgan fingerprint density at radius 1 is 1.30 bits per heavy atom. The summed E-state index contributed by atoms with van der Waals surface area (Å²) in [5, 5.41) is 4.85. The molecule has 138 valence electrons. The number of ether oxygens (including phenoxy) is 1. The molecule has 0 spiro atoms. The minimum atomic E-state index is -0.394. The second kappa shape index (κ2) is 8.26. The van der Waals surface area contributed by atoms with Gasteiger partial charge in [0.15, 0.2) is 0 Å². The third-order valence-electron chi connectivity index (χ3n) is 3.79. The van der Waals surface area contributed by atoms with Gasteiger partial charge in [0.25, 0.3) is 5.56 Å². The molecular weight excluding hydrogens is 410 g/mol. The largest absolute Gasteiger partial charge is 0.427 e. The summed E-state index contributed by atoms with van der Waals surface area (Å²) in [6, 6.07) is 12.4. The molecule has 0 unspecified atom stereocenters. The zero-order valence-electron chi connectivity index (χ0n) is 15.0. The number of aryl methyl sites for hydroxylation is 1. The summed E-state index contributed by atoms with van der Waals surface area (Å²) in [5.74, 6) is 0.632. The first kappa shape index (κ1) is 19.0. The normalized spacial score (nSPS) is 11.2. The average molecular weight is 428 g/mol. The SMILES string of the molecule is CCCc1nc2ccc(Br)cc2c(=O)n1N=Cc1cccc(OC(C)=O)c1. The van der Waals surface area contributed by atoms with Crippen molar-refractivity contribution in [1.29, 1.82) is 0 Å². The Balaban J connectivity index is 2.06. The fourth-order valence-corrected chi connectivity index (χ4v) is 3.01. The predicted octanol–water partition coefficient (Wildman–Crippen LogP) is 3.92. The minimum Gasteiger partial charge on any atom is -0.427 e. The summed E-state index contributed by atoms with van der Waals surface area (Å²) in [7, 11) is 0. The average Bonchev–Trinajstić information content (AvgIpc) is 2.62. The van der Waals surface area contributed by atoms with E-state index < -0.39 is 5.97 Å². The number of rotatable bonds is 5. The second-order valence-corrected chi connectivity index (χ2v) is 6.88. The third kappa shape index (κ3) is 4.49. The van der Waals surface area contributed by atoms with E-state index in [1.807, 2.05) is 25.1 Å². The first-order valence-corrected chi connectivity index (χ1v) is 9.31. The smallest absolute Gasteiger partial charge is 0.308 e. The summed E-state index contributed by atoms with van der Waals surface area (Å²) in [5.41, 5.74) is 1.13. The van der Waals surface area contributed by atoms with E-state index in [0.29, 0.717) is 34.5 Å². The highest BCUT2D eigenvalue weighted by Gasteiger charge is 2.10. The van der Waals surface area contributed by atoms with Crippen LogP contribution in [0.2, 0.25) is 0 Å². The van der Waals surface area contributed by atoms with Crippen LogP contribution < -0.4 is 10.3 Å². The lowest BCUT2D eigenvalue weighted by atomic mass is 10.2. The van der Waals surface area contributed by atoms with Gasteiger partial charge < -0.3 is 4.74 Å². The molecule has 7 heteroatoms. The van der Waals surface area contributed by atoms with E-state index in [2.05, 4.69) is 26.0 Å². The Hall–Kier alpha value is -2.80. The fourth-order valence-electron chi connectivity index (χ4n) is 2.65. The summed E-state index contributed by atoms with van der Waals surface area (Å²) >= 11 is 3.39. The van der Waals surface area contributed by atoms with Crippen molar-refractivity contribution in [3.05, 3.63) is 68.7 Å². The lowest BCUT2D eigenvalue weighted by Gasteiger charge is -2.08. The number of carbonyl (C=O) groups excluding carboxylic acids is 1. The van der Waals surface area contributed by atoms with Gasteiger partial charge in [0.2, 0.25) is 0 Å². The maximum absolute atomic E-state index is 12.9. The van der Waals surface area contributed by atoms with Gasteiger partial charge in [-0.3, -0.25) is 9.59 Å². The van der Waals surface area contributed by atoms with Gasteiger partial charge in [0.1, 0.15) is 11.6 Å². The molecule has 0 saturated carbocycles. The first-order chi connectivity index (χ1) is 13.0. The zero-order valence-corrected chi connectivity index (χ0v) is 16.6. The van der Waals surface area contributed by atoms with Crippen LogP contribution in [0, 0.1) is 0 Å². The Bertz CT molecular complexity index is 1090. The van der Waals surface area contributed by atoms with Crippen molar-refractivity contribution in [2.75, 3.05) is 0 Å². The van der Waals surface area contributed by atoms with Gasteiger partial charge in [0, 0.05) is 17.8 Å². The van der Waals surface area contributed by atoms with Crippen molar-refractivity contribution in [1.82, 2.24) is 9.66 Å². The van der Waals surface area contributed by atoms with Crippen LogP contribution in [-0.2, 0) is 11.2 Å². The molecule has 3 aromatic rings. The van der Waals surface area contributed by atoms with Gasteiger partial charge in [-0.25, -0.2) is 4.98 Å². The van der Waals surface area contributed by atoms with Crippen LogP contribution in [0.5, 0.6) is 5.75 Å². The van der Waals surface area contributed by atoms with E-state index in [1.54, 1.807) is 30.5 Å². The molecule has 0 atom stereocenters. The molecule has 3 rings (SSSR count). The highest BCUT2D eigenvalue weighted by molar-refractivity contribution is 9.10. The van der Waals surface area contributed by atoms with Crippen molar-refractivity contribution in [3.63, 3.8) is 0 Å². The third-order valence-corrected chi connectivity index (χ3v) is 4.28. The Kier molecular flexibility index (Phi) is 5.81. The minimum absolute atomic E-state index is 0.225. The summed E-state index contributed by atoms with van der Waals surface area (Å²) in [4.78, 5) is 28.6. The quantitative estimate of drug-likeness (QED) is 0.351. The molecule has 0 radical (unpaired) electrons. The number of benzene rings is 2. The van der Waals surface area contributed by atoms with E-state index in [1.165, 1.54) is 11.6 Å². The zero-order chi connectivity index (χ0) is 19.4. The summed E-state index contributed by atoms with van der Waals surface area (Å²) < 4.78 is 7.21. The van der Waals surface area contributed by atoms with E-state index in [4.69, 9.17) is 4.74 Å². The van der Waals surface area contributed by atoms with Crippen LogP contribution in [0.1, 0.15) is 31.7 Å². The van der Waals surface area contributed by atoms with Crippen LogP contribution in [0.4, 0.5) is 0 Å². The van der Waals surface area contributed by atoms with Crippen molar-refractivity contribution in [3.8, 4) is 5.75 Å². The highest BCUT2D eigenvalue weighted by Crippen LogP contribution is 2.17. The summed E-state index contributed by atoms with van der Waals surface area (Å²) in [6.45, 7) is 3.37. The Morgan fingerprint density at radius 3 is 2.85 bits per heavy atom. The van der Waals surface area contributed by atoms with Crippen LogP contribution in [-0.4, -0.2) is 21.8 Å². The number of esters is 1. The molecule has 2 aromatic carbocycles. The molecule has 0 aliphatic heterocycles.